The van der Waals surface area contributed by atoms with Crippen molar-refractivity contribution in [2.45, 2.75) is 52.1 Å². The van der Waals surface area contributed by atoms with Crippen molar-refractivity contribution in [1.29, 1.82) is 0 Å². The first-order valence-corrected chi connectivity index (χ1v) is 9.26. The fourth-order valence-electron chi connectivity index (χ4n) is 3.36. The van der Waals surface area contributed by atoms with E-state index in [-0.39, 0.29) is 36.2 Å². The molecule has 2 rings (SSSR count). The van der Waals surface area contributed by atoms with Crippen LogP contribution >= 0.6 is 12.4 Å². The molecule has 3 N–H and O–H groups in total. The van der Waals surface area contributed by atoms with Gasteiger partial charge < -0.3 is 16.0 Å². The number of likely N-dealkylation sites (tertiary alicyclic amines) is 1. The first kappa shape index (κ1) is 22.5. The van der Waals surface area contributed by atoms with E-state index in [1.807, 2.05) is 56.0 Å². The van der Waals surface area contributed by atoms with Crippen LogP contribution in [0.5, 0.6) is 0 Å². The van der Waals surface area contributed by atoms with Gasteiger partial charge in [-0.2, -0.15) is 0 Å². The number of nitrogens with one attached hydrogen (secondary N) is 1. The fourth-order valence-corrected chi connectivity index (χ4v) is 3.36. The van der Waals surface area contributed by atoms with Crippen LogP contribution in [0.25, 0.3) is 0 Å². The molecule has 0 spiro atoms. The van der Waals surface area contributed by atoms with Crippen molar-refractivity contribution < 1.29 is 9.59 Å². The molecule has 2 unspecified atom stereocenters. The first-order valence-electron chi connectivity index (χ1n) is 9.26. The van der Waals surface area contributed by atoms with Gasteiger partial charge in [0.2, 0.25) is 11.8 Å². The maximum atomic E-state index is 12.9. The van der Waals surface area contributed by atoms with E-state index in [0.29, 0.717) is 12.3 Å². The predicted octanol–water partition coefficient (Wildman–Crippen LogP) is 2.38. The Kier molecular flexibility index (Phi) is 9.09. The van der Waals surface area contributed by atoms with Crippen LogP contribution in [-0.4, -0.2) is 41.9 Å². The van der Waals surface area contributed by atoms with Crippen LogP contribution in [-0.2, 0) is 16.0 Å². The second-order valence-electron chi connectivity index (χ2n) is 7.47. The van der Waals surface area contributed by atoms with E-state index in [9.17, 15) is 9.59 Å². The lowest BCUT2D eigenvalue weighted by molar-refractivity contribution is -0.138. The summed E-state index contributed by atoms with van der Waals surface area (Å²) in [7, 11) is 0. The second kappa shape index (κ2) is 10.5. The lowest BCUT2D eigenvalue weighted by atomic mass is 9.90. The summed E-state index contributed by atoms with van der Waals surface area (Å²) in [4.78, 5) is 27.1. The average molecular weight is 382 g/mol. The van der Waals surface area contributed by atoms with Gasteiger partial charge in [0.25, 0.3) is 0 Å². The van der Waals surface area contributed by atoms with E-state index in [4.69, 9.17) is 5.73 Å². The topological polar surface area (TPSA) is 75.4 Å². The van der Waals surface area contributed by atoms with E-state index < -0.39 is 6.04 Å². The smallest absolute Gasteiger partial charge is 0.245 e. The summed E-state index contributed by atoms with van der Waals surface area (Å²) < 4.78 is 0. The quantitative estimate of drug-likeness (QED) is 0.794. The number of nitrogens with zero attached hydrogens (tertiary/aromatic N) is 1. The van der Waals surface area contributed by atoms with Crippen molar-refractivity contribution in [2.75, 3.05) is 13.1 Å². The SMILES string of the molecule is CC(C)C(NC(=O)Cc1ccccc1)C(=O)N1CCC(C(C)N)CC1.Cl. The van der Waals surface area contributed by atoms with E-state index >= 15 is 0 Å². The van der Waals surface area contributed by atoms with Crippen molar-refractivity contribution in [3.8, 4) is 0 Å². The van der Waals surface area contributed by atoms with Gasteiger partial charge >= 0.3 is 0 Å². The summed E-state index contributed by atoms with van der Waals surface area (Å²) in [6, 6.07) is 9.29. The molecule has 6 heteroatoms. The third kappa shape index (κ3) is 6.29. The Labute approximate surface area is 163 Å². The number of nitrogens with two attached hydrogens (primary N) is 1. The number of hydrogen-bond donors (Lipinski definition) is 2. The van der Waals surface area contributed by atoms with Crippen molar-refractivity contribution in [3.05, 3.63) is 35.9 Å². The first-order chi connectivity index (χ1) is 11.9. The minimum absolute atomic E-state index is 0. The minimum Gasteiger partial charge on any atom is -0.344 e. The lowest BCUT2D eigenvalue weighted by Crippen LogP contribution is -2.53. The molecule has 2 amide bonds. The molecule has 1 aliphatic rings. The molecule has 0 saturated carbocycles. The number of rotatable bonds is 6. The molecule has 0 bridgehead atoms. The molecule has 1 aromatic carbocycles. The molecule has 1 aromatic rings. The Morgan fingerprint density at radius 2 is 1.73 bits per heavy atom. The number of carbonyl (C=O) groups is 2. The van der Waals surface area contributed by atoms with E-state index in [0.717, 1.165) is 31.5 Å². The Morgan fingerprint density at radius 1 is 1.15 bits per heavy atom. The molecule has 26 heavy (non-hydrogen) atoms. The van der Waals surface area contributed by atoms with Crippen LogP contribution in [0.1, 0.15) is 39.2 Å². The molecule has 1 saturated heterocycles. The van der Waals surface area contributed by atoms with Gasteiger partial charge in [0, 0.05) is 19.1 Å². The Hall–Kier alpha value is -1.59. The van der Waals surface area contributed by atoms with Crippen LogP contribution in [0.2, 0.25) is 0 Å². The van der Waals surface area contributed by atoms with E-state index in [2.05, 4.69) is 5.32 Å². The van der Waals surface area contributed by atoms with Crippen molar-refractivity contribution >= 4 is 24.2 Å². The number of piperidine rings is 1. The summed E-state index contributed by atoms with van der Waals surface area (Å²) in [6.45, 7) is 7.43. The molecule has 1 fully saturated rings. The molecule has 0 radical (unpaired) electrons. The molecule has 0 aromatic heterocycles. The monoisotopic (exact) mass is 381 g/mol. The molecule has 1 heterocycles. The maximum Gasteiger partial charge on any atom is 0.245 e. The molecule has 0 aliphatic carbocycles. The van der Waals surface area contributed by atoms with Gasteiger partial charge in [-0.1, -0.05) is 44.2 Å². The predicted molar refractivity (Wildman–Crippen MR) is 107 cm³/mol. The fraction of sp³-hybridized carbons (Fsp3) is 0.600. The van der Waals surface area contributed by atoms with Gasteiger partial charge in [-0.05, 0) is 37.2 Å². The highest BCUT2D eigenvalue weighted by Crippen LogP contribution is 2.21. The highest BCUT2D eigenvalue weighted by molar-refractivity contribution is 5.88. The molecule has 2 atom stereocenters. The Balaban J connectivity index is 0.00000338. The van der Waals surface area contributed by atoms with Crippen molar-refractivity contribution in [2.24, 2.45) is 17.6 Å². The van der Waals surface area contributed by atoms with E-state index in [1.54, 1.807) is 0 Å². The summed E-state index contributed by atoms with van der Waals surface area (Å²) in [6.07, 6.45) is 2.17. The van der Waals surface area contributed by atoms with Crippen molar-refractivity contribution in [3.63, 3.8) is 0 Å². The van der Waals surface area contributed by atoms with Gasteiger partial charge in [-0.15, -0.1) is 12.4 Å². The number of carbonyl (C=O) groups excluding carboxylic acids is 2. The summed E-state index contributed by atoms with van der Waals surface area (Å²) >= 11 is 0. The van der Waals surface area contributed by atoms with Crippen LogP contribution in [0.3, 0.4) is 0 Å². The highest BCUT2D eigenvalue weighted by atomic mass is 35.5. The largest absolute Gasteiger partial charge is 0.344 e. The molecular weight excluding hydrogens is 350 g/mol. The number of amides is 2. The van der Waals surface area contributed by atoms with Gasteiger partial charge in [0.05, 0.1) is 6.42 Å². The third-order valence-corrected chi connectivity index (χ3v) is 5.05. The molecule has 5 nitrogen and oxygen atoms in total. The Bertz CT molecular complexity index is 570. The zero-order valence-corrected chi connectivity index (χ0v) is 16.8. The second-order valence-corrected chi connectivity index (χ2v) is 7.47. The zero-order valence-electron chi connectivity index (χ0n) is 16.0. The third-order valence-electron chi connectivity index (χ3n) is 5.05. The molecule has 1 aliphatic heterocycles. The number of halogens is 1. The van der Waals surface area contributed by atoms with Gasteiger partial charge in [0.15, 0.2) is 0 Å². The van der Waals surface area contributed by atoms with Gasteiger partial charge in [-0.25, -0.2) is 0 Å². The van der Waals surface area contributed by atoms with Crippen LogP contribution in [0.15, 0.2) is 30.3 Å². The summed E-state index contributed by atoms with van der Waals surface area (Å²) in [5.41, 5.74) is 6.93. The summed E-state index contributed by atoms with van der Waals surface area (Å²) in [5, 5.41) is 2.94. The summed E-state index contributed by atoms with van der Waals surface area (Å²) in [5.74, 6) is 0.454. The maximum absolute atomic E-state index is 12.9. The van der Waals surface area contributed by atoms with Crippen LogP contribution in [0, 0.1) is 11.8 Å². The lowest BCUT2D eigenvalue weighted by Gasteiger charge is -2.36. The molecule has 146 valence electrons. The Morgan fingerprint density at radius 3 is 2.23 bits per heavy atom. The molecular formula is C20H32ClN3O2. The van der Waals surface area contributed by atoms with Crippen molar-refractivity contribution in [1.82, 2.24) is 10.2 Å². The minimum atomic E-state index is -0.469. The van der Waals surface area contributed by atoms with Crippen LogP contribution < -0.4 is 11.1 Å². The number of benzene rings is 1. The highest BCUT2D eigenvalue weighted by Gasteiger charge is 2.31. The normalized spacial score (nSPS) is 17.3. The zero-order chi connectivity index (χ0) is 18.4. The average Bonchev–Trinajstić information content (AvgIpc) is 2.60. The number of hydrogen-bond acceptors (Lipinski definition) is 3. The van der Waals surface area contributed by atoms with Gasteiger partial charge in [-0.3, -0.25) is 9.59 Å². The van der Waals surface area contributed by atoms with Gasteiger partial charge in [0.1, 0.15) is 6.04 Å². The van der Waals surface area contributed by atoms with Crippen LogP contribution in [0.4, 0.5) is 0 Å². The van der Waals surface area contributed by atoms with E-state index in [1.165, 1.54) is 0 Å². The standard InChI is InChI=1S/C20H31N3O2.ClH/c1-14(2)19(22-18(24)13-16-7-5-4-6-8-16)20(25)23-11-9-17(10-12-23)15(3)21;/h4-8,14-15,17,19H,9-13,21H2,1-3H3,(H,22,24);1H.